The first-order valence-electron chi connectivity index (χ1n) is 13.8. The average Bonchev–Trinajstić information content (AvgIpc) is 3.00. The first kappa shape index (κ1) is 28.6. The van der Waals surface area contributed by atoms with Gasteiger partial charge in [-0.25, -0.2) is 8.42 Å². The summed E-state index contributed by atoms with van der Waals surface area (Å²) in [5.41, 5.74) is 2.41. The van der Waals surface area contributed by atoms with Gasteiger partial charge in [0.25, 0.3) is 5.91 Å². The van der Waals surface area contributed by atoms with Gasteiger partial charge in [0.15, 0.2) is 6.10 Å². The van der Waals surface area contributed by atoms with Crippen LogP contribution in [-0.2, 0) is 26.0 Å². The molecule has 41 heavy (non-hydrogen) atoms. The van der Waals surface area contributed by atoms with E-state index in [0.717, 1.165) is 11.1 Å². The zero-order valence-electron chi connectivity index (χ0n) is 23.3. The van der Waals surface area contributed by atoms with Gasteiger partial charge < -0.3 is 19.7 Å². The van der Waals surface area contributed by atoms with Gasteiger partial charge in [0.1, 0.15) is 11.5 Å². The Morgan fingerprint density at radius 2 is 1.78 bits per heavy atom. The summed E-state index contributed by atoms with van der Waals surface area (Å²) in [6.45, 7) is 2.69. The summed E-state index contributed by atoms with van der Waals surface area (Å²) < 4.78 is 39.7. The Kier molecular flexibility index (Phi) is 8.60. The molecule has 1 fully saturated rings. The van der Waals surface area contributed by atoms with Crippen LogP contribution >= 0.6 is 0 Å². The van der Waals surface area contributed by atoms with E-state index in [9.17, 15) is 18.0 Å². The van der Waals surface area contributed by atoms with E-state index in [1.165, 1.54) is 10.4 Å². The zero-order valence-corrected chi connectivity index (χ0v) is 24.1. The number of sulfonamides is 1. The van der Waals surface area contributed by atoms with E-state index >= 15 is 0 Å². The van der Waals surface area contributed by atoms with E-state index in [1.807, 2.05) is 36.4 Å². The van der Waals surface area contributed by atoms with Gasteiger partial charge in [-0.05, 0) is 67.6 Å². The molecule has 3 aromatic carbocycles. The maximum absolute atomic E-state index is 13.9. The standard InChI is InChI=1S/C31H35N3O6S/c1-22-19-25(14-15-27(22)39-2)41(37,38)33-18-8-11-24(20-33)31(36)34-21-29(40-28-13-7-6-12-26(28)34)30(35)32-17-16-23-9-4-3-5-10-23/h3-7,9-10,12-15,19,24,29H,8,11,16-18,20-21H2,1-2H3,(H,32,35)/t24-,29-/m1/s1. The average molecular weight is 578 g/mol. The molecule has 0 aromatic heterocycles. The summed E-state index contributed by atoms with van der Waals surface area (Å²) in [7, 11) is -2.26. The summed E-state index contributed by atoms with van der Waals surface area (Å²) in [5.74, 6) is 0.0000149. The van der Waals surface area contributed by atoms with Gasteiger partial charge in [0, 0.05) is 19.6 Å². The summed E-state index contributed by atoms with van der Waals surface area (Å²) in [6, 6.07) is 21.8. The van der Waals surface area contributed by atoms with Gasteiger partial charge in [0.2, 0.25) is 15.9 Å². The molecule has 3 aromatic rings. The Balaban J connectivity index is 1.30. The fourth-order valence-electron chi connectivity index (χ4n) is 5.41. The van der Waals surface area contributed by atoms with Crippen molar-refractivity contribution < 1.29 is 27.5 Å². The molecule has 10 heteroatoms. The molecular formula is C31H35N3O6S. The highest BCUT2D eigenvalue weighted by Crippen LogP contribution is 2.36. The van der Waals surface area contributed by atoms with Crippen molar-refractivity contribution in [3.05, 3.63) is 83.9 Å². The van der Waals surface area contributed by atoms with Crippen molar-refractivity contribution in [2.45, 2.75) is 37.2 Å². The van der Waals surface area contributed by atoms with Crippen LogP contribution in [0.25, 0.3) is 0 Å². The smallest absolute Gasteiger partial charge is 0.262 e. The summed E-state index contributed by atoms with van der Waals surface area (Å²) in [5, 5.41) is 2.93. The predicted molar refractivity (Wildman–Crippen MR) is 156 cm³/mol. The molecular weight excluding hydrogens is 542 g/mol. The van der Waals surface area contributed by atoms with E-state index < -0.39 is 22.0 Å². The predicted octanol–water partition coefficient (Wildman–Crippen LogP) is 3.56. The number of aryl methyl sites for hydroxylation is 1. The van der Waals surface area contributed by atoms with Crippen molar-refractivity contribution in [2.24, 2.45) is 5.92 Å². The normalized spacial score (nSPS) is 19.1. The van der Waals surface area contributed by atoms with Crippen molar-refractivity contribution in [1.82, 2.24) is 9.62 Å². The minimum atomic E-state index is -3.81. The first-order valence-corrected chi connectivity index (χ1v) is 15.3. The molecule has 0 radical (unpaired) electrons. The number of nitrogens with zero attached hydrogens (tertiary/aromatic N) is 2. The summed E-state index contributed by atoms with van der Waals surface area (Å²) in [4.78, 5) is 28.8. The Morgan fingerprint density at radius 1 is 1.02 bits per heavy atom. The highest BCUT2D eigenvalue weighted by atomic mass is 32.2. The van der Waals surface area contributed by atoms with Crippen molar-refractivity contribution in [3.8, 4) is 11.5 Å². The molecule has 0 aliphatic carbocycles. The third kappa shape index (κ3) is 6.23. The number of carbonyl (C=O) groups excluding carboxylic acids is 2. The Morgan fingerprint density at radius 3 is 2.54 bits per heavy atom. The third-order valence-corrected chi connectivity index (χ3v) is 9.49. The molecule has 1 saturated heterocycles. The molecule has 2 heterocycles. The molecule has 2 amide bonds. The second-order valence-corrected chi connectivity index (χ2v) is 12.3. The number of benzene rings is 3. The van der Waals surface area contributed by atoms with Crippen LogP contribution in [0.15, 0.2) is 77.7 Å². The van der Waals surface area contributed by atoms with E-state index in [2.05, 4.69) is 5.32 Å². The number of amides is 2. The number of ether oxygens (including phenoxy) is 2. The summed E-state index contributed by atoms with van der Waals surface area (Å²) >= 11 is 0. The molecule has 0 saturated carbocycles. The molecule has 0 bridgehead atoms. The Hall–Kier alpha value is -3.89. The maximum Gasteiger partial charge on any atom is 0.262 e. The molecule has 216 valence electrons. The molecule has 1 N–H and O–H groups in total. The van der Waals surface area contributed by atoms with Crippen LogP contribution in [0.2, 0.25) is 0 Å². The maximum atomic E-state index is 13.9. The highest BCUT2D eigenvalue weighted by Gasteiger charge is 2.39. The van der Waals surface area contributed by atoms with E-state index in [1.54, 1.807) is 49.3 Å². The lowest BCUT2D eigenvalue weighted by molar-refractivity contribution is -0.129. The quantitative estimate of drug-likeness (QED) is 0.439. The van der Waals surface area contributed by atoms with Gasteiger partial charge in [-0.1, -0.05) is 42.5 Å². The van der Waals surface area contributed by atoms with Gasteiger partial charge in [-0.3, -0.25) is 9.59 Å². The molecule has 2 aliphatic rings. The fourth-order valence-corrected chi connectivity index (χ4v) is 7.02. The van der Waals surface area contributed by atoms with Crippen LogP contribution in [0, 0.1) is 12.8 Å². The van der Waals surface area contributed by atoms with Gasteiger partial charge in [-0.2, -0.15) is 4.31 Å². The van der Waals surface area contributed by atoms with Gasteiger partial charge in [-0.15, -0.1) is 0 Å². The number of fused-ring (bicyclic) bond motifs is 1. The van der Waals surface area contributed by atoms with Crippen LogP contribution in [-0.4, -0.2) is 63.9 Å². The van der Waals surface area contributed by atoms with Crippen molar-refractivity contribution >= 4 is 27.5 Å². The lowest BCUT2D eigenvalue weighted by Gasteiger charge is -2.38. The molecule has 5 rings (SSSR count). The number of carbonyl (C=O) groups is 2. The van der Waals surface area contributed by atoms with Crippen LogP contribution in [0.1, 0.15) is 24.0 Å². The second-order valence-electron chi connectivity index (χ2n) is 10.4. The van der Waals surface area contributed by atoms with Gasteiger partial charge in [0.05, 0.1) is 30.2 Å². The zero-order chi connectivity index (χ0) is 29.0. The van der Waals surface area contributed by atoms with E-state index in [4.69, 9.17) is 9.47 Å². The fraction of sp³-hybridized carbons (Fsp3) is 0.355. The van der Waals surface area contributed by atoms with Crippen LogP contribution in [0.5, 0.6) is 11.5 Å². The third-order valence-electron chi connectivity index (χ3n) is 7.63. The van der Waals surface area contributed by atoms with E-state index in [0.29, 0.717) is 49.5 Å². The number of nitrogens with one attached hydrogen (secondary N) is 1. The molecule has 2 aliphatic heterocycles. The van der Waals surface area contributed by atoms with Crippen LogP contribution in [0.4, 0.5) is 5.69 Å². The largest absolute Gasteiger partial charge is 0.496 e. The number of anilines is 1. The van der Waals surface area contributed by atoms with Crippen molar-refractivity contribution in [2.75, 3.05) is 38.2 Å². The number of hydrogen-bond donors (Lipinski definition) is 1. The number of para-hydroxylation sites is 2. The van der Waals surface area contributed by atoms with Crippen molar-refractivity contribution in [1.29, 1.82) is 0 Å². The minimum absolute atomic E-state index is 0.0495. The lowest BCUT2D eigenvalue weighted by atomic mass is 9.97. The Bertz CT molecular complexity index is 1510. The molecule has 9 nitrogen and oxygen atoms in total. The molecule has 0 unspecified atom stereocenters. The monoisotopic (exact) mass is 577 g/mol. The van der Waals surface area contributed by atoms with Crippen molar-refractivity contribution in [3.63, 3.8) is 0 Å². The number of methoxy groups -OCH3 is 1. The Labute approximate surface area is 241 Å². The second kappa shape index (κ2) is 12.3. The van der Waals surface area contributed by atoms with E-state index in [-0.39, 0.29) is 29.8 Å². The molecule has 2 atom stereocenters. The number of piperidine rings is 1. The van der Waals surface area contributed by atoms with Crippen LogP contribution < -0.4 is 19.7 Å². The highest BCUT2D eigenvalue weighted by molar-refractivity contribution is 7.89. The first-order chi connectivity index (χ1) is 19.8. The topological polar surface area (TPSA) is 105 Å². The number of hydrogen-bond acceptors (Lipinski definition) is 6. The minimum Gasteiger partial charge on any atom is -0.496 e. The summed E-state index contributed by atoms with van der Waals surface area (Å²) in [6.07, 6.45) is 0.911. The molecule has 0 spiro atoms. The lowest BCUT2D eigenvalue weighted by Crippen LogP contribution is -2.54. The number of rotatable bonds is 8. The SMILES string of the molecule is COc1ccc(S(=O)(=O)N2CCC[C@@H](C(=O)N3C[C@H](C(=O)NCCc4ccccc4)Oc4ccccc43)C2)cc1C. The van der Waals surface area contributed by atoms with Crippen LogP contribution in [0.3, 0.4) is 0 Å². The van der Waals surface area contributed by atoms with Gasteiger partial charge >= 0.3 is 0 Å².